The van der Waals surface area contributed by atoms with Crippen LogP contribution >= 0.6 is 0 Å². The molecule has 4 rings (SSSR count). The highest BCUT2D eigenvalue weighted by molar-refractivity contribution is 6.08. The quantitative estimate of drug-likeness (QED) is 0.433. The molecule has 1 aliphatic heterocycles. The summed E-state index contributed by atoms with van der Waals surface area (Å²) in [4.78, 5) is 62.4. The average molecular weight is 412 g/mol. The Morgan fingerprint density at radius 2 is 1.63 bits per heavy atom. The fraction of sp³-hybridized carbons (Fsp3) is 0.500. The molecular weight excluding hydrogens is 388 g/mol. The summed E-state index contributed by atoms with van der Waals surface area (Å²) in [5, 5.41) is 2.57. The third kappa shape index (κ3) is 3.40. The molecule has 2 aliphatic carbocycles. The summed E-state index contributed by atoms with van der Waals surface area (Å²) in [5.41, 5.74) is 0.980. The molecule has 0 spiro atoms. The average Bonchev–Trinajstić information content (AvgIpc) is 3.40. The van der Waals surface area contributed by atoms with Crippen molar-refractivity contribution >= 4 is 35.2 Å². The number of nitrogens with zero attached hydrogens (tertiary/aromatic N) is 1. The molecule has 1 heterocycles. The normalized spacial score (nSPS) is 27.7. The molecule has 30 heavy (non-hydrogen) atoms. The molecule has 1 saturated heterocycles. The van der Waals surface area contributed by atoms with Crippen LogP contribution < -0.4 is 5.32 Å². The highest BCUT2D eigenvalue weighted by Crippen LogP contribution is 2.56. The lowest BCUT2D eigenvalue weighted by molar-refractivity contribution is -0.159. The van der Waals surface area contributed by atoms with Gasteiger partial charge in [0.2, 0.25) is 11.8 Å². The van der Waals surface area contributed by atoms with Gasteiger partial charge in [-0.15, -0.1) is 0 Å². The number of fused-ring (bicyclic) bond motifs is 5. The van der Waals surface area contributed by atoms with Crippen molar-refractivity contribution < 1.29 is 28.7 Å². The SMILES string of the molecule is CC(=O)c1ccc(NC(=O)COC(=O)[C@H](C)N2C(=O)[C@H]3[C@@H]4CC[C@@H](C4)[C@@H]3C2=O)cc1. The van der Waals surface area contributed by atoms with E-state index < -0.39 is 24.5 Å². The van der Waals surface area contributed by atoms with E-state index in [2.05, 4.69) is 5.32 Å². The van der Waals surface area contributed by atoms with Crippen LogP contribution in [-0.4, -0.2) is 47.0 Å². The van der Waals surface area contributed by atoms with Crippen LogP contribution in [-0.2, 0) is 23.9 Å². The number of carbonyl (C=O) groups excluding carboxylic acids is 5. The van der Waals surface area contributed by atoms with Crippen molar-refractivity contribution in [1.29, 1.82) is 0 Å². The molecule has 2 saturated carbocycles. The number of Topliss-reactive ketones (excluding diaryl/α,β-unsaturated/α-hetero) is 1. The maximum Gasteiger partial charge on any atom is 0.329 e. The summed E-state index contributed by atoms with van der Waals surface area (Å²) in [5.74, 6) is -2.10. The lowest BCUT2D eigenvalue weighted by Crippen LogP contribution is -2.45. The maximum absolute atomic E-state index is 12.8. The standard InChI is InChI=1S/C22H24N2O6/c1-11(24-20(27)18-14-3-4-15(9-14)19(18)21(24)28)22(29)30-10-17(26)23-16-7-5-13(6-8-16)12(2)25/h5-8,11,14-15,18-19H,3-4,9-10H2,1-2H3,(H,23,26)/t11-,14-,15+,18-,19-/m0/s1. The van der Waals surface area contributed by atoms with E-state index in [4.69, 9.17) is 4.74 Å². The van der Waals surface area contributed by atoms with Gasteiger partial charge in [-0.1, -0.05) is 0 Å². The molecule has 1 N–H and O–H groups in total. The van der Waals surface area contributed by atoms with Crippen LogP contribution in [0.3, 0.4) is 0 Å². The second-order valence-electron chi connectivity index (χ2n) is 8.40. The number of rotatable bonds is 6. The summed E-state index contributed by atoms with van der Waals surface area (Å²) < 4.78 is 5.05. The van der Waals surface area contributed by atoms with E-state index in [0.29, 0.717) is 11.3 Å². The Kier molecular flexibility index (Phi) is 5.17. The van der Waals surface area contributed by atoms with Gasteiger partial charge >= 0.3 is 5.97 Å². The van der Waals surface area contributed by atoms with Gasteiger partial charge in [0, 0.05) is 11.3 Å². The predicted octanol–water partition coefficient (Wildman–Crippen LogP) is 1.79. The molecule has 0 aromatic heterocycles. The van der Waals surface area contributed by atoms with E-state index in [1.165, 1.54) is 13.8 Å². The lowest BCUT2D eigenvalue weighted by Gasteiger charge is -2.23. The number of imide groups is 1. The molecule has 0 unspecified atom stereocenters. The molecule has 1 aromatic carbocycles. The van der Waals surface area contributed by atoms with Crippen molar-refractivity contribution in [2.75, 3.05) is 11.9 Å². The van der Waals surface area contributed by atoms with Gasteiger partial charge in [0.25, 0.3) is 5.91 Å². The molecule has 1 aromatic rings. The van der Waals surface area contributed by atoms with Crippen molar-refractivity contribution in [1.82, 2.24) is 4.90 Å². The van der Waals surface area contributed by atoms with Gasteiger partial charge in [-0.2, -0.15) is 0 Å². The zero-order chi connectivity index (χ0) is 21.6. The molecule has 3 amide bonds. The Balaban J connectivity index is 1.31. The highest BCUT2D eigenvalue weighted by Gasteiger charge is 2.62. The molecule has 5 atom stereocenters. The number of hydrogen-bond acceptors (Lipinski definition) is 6. The number of hydrogen-bond donors (Lipinski definition) is 1. The van der Waals surface area contributed by atoms with Crippen molar-refractivity contribution in [3.8, 4) is 0 Å². The zero-order valence-corrected chi connectivity index (χ0v) is 16.9. The van der Waals surface area contributed by atoms with E-state index in [-0.39, 0.29) is 41.3 Å². The number of ketones is 1. The van der Waals surface area contributed by atoms with Gasteiger partial charge in [0.15, 0.2) is 12.4 Å². The summed E-state index contributed by atoms with van der Waals surface area (Å²) >= 11 is 0. The van der Waals surface area contributed by atoms with Crippen LogP contribution in [0.15, 0.2) is 24.3 Å². The van der Waals surface area contributed by atoms with Gasteiger partial charge in [-0.25, -0.2) is 4.79 Å². The van der Waals surface area contributed by atoms with Gasteiger partial charge < -0.3 is 10.1 Å². The summed E-state index contributed by atoms with van der Waals surface area (Å²) in [6.07, 6.45) is 2.85. The van der Waals surface area contributed by atoms with Crippen molar-refractivity contribution in [2.24, 2.45) is 23.7 Å². The molecule has 158 valence electrons. The minimum absolute atomic E-state index is 0.0843. The number of benzene rings is 1. The molecule has 2 bridgehead atoms. The van der Waals surface area contributed by atoms with Crippen LogP contribution in [0.5, 0.6) is 0 Å². The first-order chi connectivity index (χ1) is 14.3. The van der Waals surface area contributed by atoms with Crippen molar-refractivity contribution in [2.45, 2.75) is 39.2 Å². The molecule has 3 fully saturated rings. The predicted molar refractivity (Wildman–Crippen MR) is 105 cm³/mol. The number of nitrogens with one attached hydrogen (secondary N) is 1. The summed E-state index contributed by atoms with van der Waals surface area (Å²) in [6, 6.07) is 5.26. The first-order valence-corrected chi connectivity index (χ1v) is 10.2. The second-order valence-corrected chi connectivity index (χ2v) is 8.40. The first-order valence-electron chi connectivity index (χ1n) is 10.2. The molecular formula is C22H24N2O6. The number of anilines is 1. The lowest BCUT2D eigenvalue weighted by atomic mass is 9.81. The van der Waals surface area contributed by atoms with Crippen molar-refractivity contribution in [3.63, 3.8) is 0 Å². The van der Waals surface area contributed by atoms with E-state index in [9.17, 15) is 24.0 Å². The third-order valence-electron chi connectivity index (χ3n) is 6.61. The fourth-order valence-electron chi connectivity index (χ4n) is 5.16. The van der Waals surface area contributed by atoms with Gasteiger partial charge in [-0.05, 0) is 69.2 Å². The minimum Gasteiger partial charge on any atom is -0.454 e. The number of likely N-dealkylation sites (tertiary alicyclic amines) is 1. The Morgan fingerprint density at radius 1 is 1.07 bits per heavy atom. The van der Waals surface area contributed by atoms with Crippen LogP contribution in [0.4, 0.5) is 5.69 Å². The largest absolute Gasteiger partial charge is 0.454 e. The second kappa shape index (κ2) is 7.66. The van der Waals surface area contributed by atoms with Gasteiger partial charge in [0.1, 0.15) is 6.04 Å². The van der Waals surface area contributed by atoms with Crippen LogP contribution in [0.25, 0.3) is 0 Å². The molecule has 8 heteroatoms. The molecule has 8 nitrogen and oxygen atoms in total. The van der Waals surface area contributed by atoms with Crippen LogP contribution in [0.1, 0.15) is 43.5 Å². The number of ether oxygens (including phenoxy) is 1. The van der Waals surface area contributed by atoms with E-state index in [0.717, 1.165) is 24.2 Å². The molecule has 0 radical (unpaired) electrons. The Hall–Kier alpha value is -3.03. The number of amides is 3. The number of esters is 1. The Bertz CT molecular complexity index is 896. The monoisotopic (exact) mass is 412 g/mol. The van der Waals surface area contributed by atoms with Crippen molar-refractivity contribution in [3.05, 3.63) is 29.8 Å². The Labute approximate surface area is 173 Å². The summed E-state index contributed by atoms with van der Waals surface area (Å²) in [6.45, 7) is 2.37. The smallest absolute Gasteiger partial charge is 0.329 e. The minimum atomic E-state index is -1.06. The maximum atomic E-state index is 12.8. The third-order valence-corrected chi connectivity index (χ3v) is 6.61. The van der Waals surface area contributed by atoms with E-state index in [1.807, 2.05) is 0 Å². The Morgan fingerprint density at radius 3 is 2.17 bits per heavy atom. The first kappa shape index (κ1) is 20.3. The zero-order valence-electron chi connectivity index (χ0n) is 16.9. The summed E-state index contributed by atoms with van der Waals surface area (Å²) in [7, 11) is 0. The van der Waals surface area contributed by atoms with Crippen LogP contribution in [0, 0.1) is 23.7 Å². The molecule has 3 aliphatic rings. The number of carbonyl (C=O) groups is 5. The van der Waals surface area contributed by atoms with E-state index >= 15 is 0 Å². The highest BCUT2D eigenvalue weighted by atomic mass is 16.5. The van der Waals surface area contributed by atoms with Crippen LogP contribution in [0.2, 0.25) is 0 Å². The van der Waals surface area contributed by atoms with Gasteiger partial charge in [0.05, 0.1) is 11.8 Å². The van der Waals surface area contributed by atoms with Gasteiger partial charge in [-0.3, -0.25) is 24.1 Å². The fourth-order valence-corrected chi connectivity index (χ4v) is 5.16. The van der Waals surface area contributed by atoms with E-state index in [1.54, 1.807) is 24.3 Å². The topological polar surface area (TPSA) is 110 Å².